The first-order valence-electron chi connectivity index (χ1n) is 7.48. The van der Waals surface area contributed by atoms with Crippen LogP contribution < -0.4 is 5.32 Å². The van der Waals surface area contributed by atoms with E-state index in [2.05, 4.69) is 15.5 Å². The third kappa shape index (κ3) is 3.06. The standard InChI is InChI=1S/C14H20N4O3S/c1-22(20,21)12-5-4-11(16-17-12)15-13(19)18-9-8-14(10-18)6-2-3-7-14/h4-5H,2-3,6-10H2,1H3,(H,15,16,19). The van der Waals surface area contributed by atoms with Crippen molar-refractivity contribution < 1.29 is 13.2 Å². The lowest BCUT2D eigenvalue weighted by Crippen LogP contribution is -2.35. The molecule has 1 aliphatic heterocycles. The van der Waals surface area contributed by atoms with Crippen LogP contribution in [0.5, 0.6) is 0 Å². The van der Waals surface area contributed by atoms with Crippen LogP contribution in [-0.2, 0) is 9.84 Å². The molecule has 0 radical (unpaired) electrons. The Kier molecular flexibility index (Phi) is 3.80. The fourth-order valence-electron chi connectivity index (χ4n) is 3.41. The Hall–Kier alpha value is -1.70. The SMILES string of the molecule is CS(=O)(=O)c1ccc(NC(=O)N2CCC3(CCCC3)C2)nn1. The summed E-state index contributed by atoms with van der Waals surface area (Å²) in [5.74, 6) is 0.268. The minimum atomic E-state index is -3.38. The summed E-state index contributed by atoms with van der Waals surface area (Å²) in [6, 6.07) is 2.62. The molecule has 1 N–H and O–H groups in total. The minimum absolute atomic E-state index is 0.100. The second-order valence-electron chi connectivity index (χ2n) is 6.34. The van der Waals surface area contributed by atoms with Gasteiger partial charge in [0, 0.05) is 19.3 Å². The maximum absolute atomic E-state index is 12.3. The Morgan fingerprint density at radius 3 is 2.55 bits per heavy atom. The molecule has 7 nitrogen and oxygen atoms in total. The number of nitrogens with zero attached hydrogens (tertiary/aromatic N) is 3. The molecule has 1 aromatic rings. The highest BCUT2D eigenvalue weighted by Crippen LogP contribution is 2.45. The quantitative estimate of drug-likeness (QED) is 0.893. The van der Waals surface area contributed by atoms with E-state index >= 15 is 0 Å². The van der Waals surface area contributed by atoms with Crippen molar-refractivity contribution in [3.63, 3.8) is 0 Å². The lowest BCUT2D eigenvalue weighted by atomic mass is 9.86. The predicted octanol–water partition coefficient (Wildman–Crippen LogP) is 1.68. The molecular weight excluding hydrogens is 304 g/mol. The van der Waals surface area contributed by atoms with Crippen molar-refractivity contribution >= 4 is 21.7 Å². The Morgan fingerprint density at radius 1 is 1.23 bits per heavy atom. The molecule has 2 aliphatic rings. The van der Waals surface area contributed by atoms with Gasteiger partial charge in [0.05, 0.1) is 0 Å². The van der Waals surface area contributed by atoms with E-state index in [0.29, 0.717) is 5.41 Å². The zero-order valence-electron chi connectivity index (χ0n) is 12.6. The van der Waals surface area contributed by atoms with Crippen LogP contribution in [0.25, 0.3) is 0 Å². The van der Waals surface area contributed by atoms with E-state index < -0.39 is 9.84 Å². The molecule has 2 fully saturated rings. The molecule has 3 rings (SSSR count). The van der Waals surface area contributed by atoms with Gasteiger partial charge >= 0.3 is 6.03 Å². The number of urea groups is 1. The monoisotopic (exact) mass is 324 g/mol. The van der Waals surface area contributed by atoms with E-state index in [-0.39, 0.29) is 16.9 Å². The number of sulfone groups is 1. The topological polar surface area (TPSA) is 92.3 Å². The van der Waals surface area contributed by atoms with Gasteiger partial charge in [-0.2, -0.15) is 0 Å². The first-order valence-corrected chi connectivity index (χ1v) is 9.37. The number of carbonyl (C=O) groups is 1. The average Bonchev–Trinajstić information content (AvgIpc) is 3.09. The molecule has 2 heterocycles. The van der Waals surface area contributed by atoms with Gasteiger partial charge in [-0.05, 0) is 36.8 Å². The Balaban J connectivity index is 1.62. The van der Waals surface area contributed by atoms with Crippen LogP contribution in [0.1, 0.15) is 32.1 Å². The van der Waals surface area contributed by atoms with E-state index in [1.54, 1.807) is 0 Å². The van der Waals surface area contributed by atoms with Crippen molar-refractivity contribution in [3.05, 3.63) is 12.1 Å². The number of anilines is 1. The molecule has 1 aliphatic carbocycles. The van der Waals surface area contributed by atoms with E-state index in [4.69, 9.17) is 0 Å². The van der Waals surface area contributed by atoms with Crippen LogP contribution in [0.2, 0.25) is 0 Å². The van der Waals surface area contributed by atoms with Crippen LogP contribution >= 0.6 is 0 Å². The van der Waals surface area contributed by atoms with Crippen LogP contribution in [0.15, 0.2) is 17.2 Å². The lowest BCUT2D eigenvalue weighted by Gasteiger charge is -2.23. The molecule has 8 heteroatoms. The smallest absolute Gasteiger partial charge is 0.323 e. The van der Waals surface area contributed by atoms with Crippen molar-refractivity contribution in [2.24, 2.45) is 5.41 Å². The van der Waals surface area contributed by atoms with E-state index in [9.17, 15) is 13.2 Å². The average molecular weight is 324 g/mol. The molecule has 0 atom stereocenters. The third-order valence-electron chi connectivity index (χ3n) is 4.64. The summed E-state index contributed by atoms with van der Waals surface area (Å²) >= 11 is 0. The van der Waals surface area contributed by atoms with Crippen LogP contribution in [-0.4, -0.2) is 48.9 Å². The number of aromatic nitrogens is 2. The summed E-state index contributed by atoms with van der Waals surface area (Å²) in [6.45, 7) is 1.56. The van der Waals surface area contributed by atoms with Gasteiger partial charge in [0.2, 0.25) is 0 Å². The Labute approximate surface area is 130 Å². The van der Waals surface area contributed by atoms with Crippen molar-refractivity contribution in [1.82, 2.24) is 15.1 Å². The molecular formula is C14H20N4O3S. The lowest BCUT2D eigenvalue weighted by molar-refractivity contribution is 0.213. The van der Waals surface area contributed by atoms with Crippen LogP contribution in [0, 0.1) is 5.41 Å². The number of rotatable bonds is 2. The van der Waals surface area contributed by atoms with Gasteiger partial charge < -0.3 is 4.90 Å². The molecule has 1 saturated carbocycles. The number of hydrogen-bond donors (Lipinski definition) is 1. The molecule has 1 aromatic heterocycles. The van der Waals surface area contributed by atoms with Gasteiger partial charge in [0.15, 0.2) is 20.7 Å². The second-order valence-corrected chi connectivity index (χ2v) is 8.30. The maximum atomic E-state index is 12.3. The minimum Gasteiger partial charge on any atom is -0.324 e. The summed E-state index contributed by atoms with van der Waals surface area (Å²) in [6.07, 6.45) is 7.07. The second kappa shape index (κ2) is 5.49. The molecule has 1 spiro atoms. The van der Waals surface area contributed by atoms with Gasteiger partial charge in [0.25, 0.3) is 0 Å². The number of amides is 2. The van der Waals surface area contributed by atoms with E-state index in [1.807, 2.05) is 4.90 Å². The van der Waals surface area contributed by atoms with Gasteiger partial charge in [-0.25, -0.2) is 13.2 Å². The molecule has 120 valence electrons. The zero-order valence-corrected chi connectivity index (χ0v) is 13.4. The van der Waals surface area contributed by atoms with Gasteiger partial charge in [0.1, 0.15) is 0 Å². The first-order chi connectivity index (χ1) is 10.4. The highest BCUT2D eigenvalue weighted by Gasteiger charge is 2.41. The van der Waals surface area contributed by atoms with Crippen molar-refractivity contribution in [3.8, 4) is 0 Å². The largest absolute Gasteiger partial charge is 0.324 e. The Bertz CT molecular complexity index is 666. The summed E-state index contributed by atoms with van der Waals surface area (Å²) < 4.78 is 22.6. The third-order valence-corrected chi connectivity index (χ3v) is 5.62. The van der Waals surface area contributed by atoms with Crippen molar-refractivity contribution in [1.29, 1.82) is 0 Å². The molecule has 2 amide bonds. The van der Waals surface area contributed by atoms with E-state index in [1.165, 1.54) is 37.8 Å². The normalized spacial score (nSPS) is 20.5. The van der Waals surface area contributed by atoms with Crippen LogP contribution in [0.4, 0.5) is 10.6 Å². The van der Waals surface area contributed by atoms with Gasteiger partial charge in [-0.3, -0.25) is 5.32 Å². The number of likely N-dealkylation sites (tertiary alicyclic amines) is 1. The summed E-state index contributed by atoms with van der Waals surface area (Å²) in [5, 5.41) is 9.97. The molecule has 0 aromatic carbocycles. The fourth-order valence-corrected chi connectivity index (χ4v) is 3.92. The van der Waals surface area contributed by atoms with Gasteiger partial charge in [-0.15, -0.1) is 10.2 Å². The fraction of sp³-hybridized carbons (Fsp3) is 0.643. The summed E-state index contributed by atoms with van der Waals surface area (Å²) in [5.41, 5.74) is 0.323. The summed E-state index contributed by atoms with van der Waals surface area (Å²) in [4.78, 5) is 14.1. The molecule has 22 heavy (non-hydrogen) atoms. The van der Waals surface area contributed by atoms with Crippen LogP contribution in [0.3, 0.4) is 0 Å². The number of carbonyl (C=O) groups excluding carboxylic acids is 1. The van der Waals surface area contributed by atoms with Crippen molar-refractivity contribution in [2.45, 2.75) is 37.1 Å². The molecule has 0 bridgehead atoms. The van der Waals surface area contributed by atoms with E-state index in [0.717, 1.165) is 25.8 Å². The maximum Gasteiger partial charge on any atom is 0.323 e. The highest BCUT2D eigenvalue weighted by atomic mass is 32.2. The predicted molar refractivity (Wildman–Crippen MR) is 81.3 cm³/mol. The first kappa shape index (κ1) is 15.2. The number of hydrogen-bond acceptors (Lipinski definition) is 5. The van der Waals surface area contributed by atoms with Gasteiger partial charge in [-0.1, -0.05) is 12.8 Å². The van der Waals surface area contributed by atoms with Crippen molar-refractivity contribution in [2.75, 3.05) is 24.7 Å². The number of nitrogens with one attached hydrogen (secondary N) is 1. The highest BCUT2D eigenvalue weighted by molar-refractivity contribution is 7.90. The molecule has 0 unspecified atom stereocenters. The molecule has 1 saturated heterocycles. The zero-order chi connectivity index (χ0) is 15.8. The summed E-state index contributed by atoms with van der Waals surface area (Å²) in [7, 11) is -3.38. The Morgan fingerprint density at radius 2 is 1.95 bits per heavy atom.